The predicted octanol–water partition coefficient (Wildman–Crippen LogP) is 3.90. The lowest BCUT2D eigenvalue weighted by Crippen LogP contribution is -2.24. The lowest BCUT2D eigenvalue weighted by Gasteiger charge is -2.19. The van der Waals surface area contributed by atoms with Crippen molar-refractivity contribution < 1.29 is 4.74 Å². The fourth-order valence-electron chi connectivity index (χ4n) is 1.48. The van der Waals surface area contributed by atoms with Crippen LogP contribution in [0.25, 0.3) is 0 Å². The molecule has 0 amide bonds. The molecular formula is C12H18ClNOS. The Morgan fingerprint density at radius 2 is 2.25 bits per heavy atom. The first-order valence-electron chi connectivity index (χ1n) is 5.30. The maximum Gasteiger partial charge on any atom is 0.0663 e. The van der Waals surface area contributed by atoms with E-state index in [4.69, 9.17) is 16.3 Å². The minimum absolute atomic E-state index is 0.328. The van der Waals surface area contributed by atoms with E-state index in [1.165, 1.54) is 4.90 Å². The molecule has 0 aliphatic heterocycles. The zero-order valence-electron chi connectivity index (χ0n) is 9.92. The van der Waals surface area contributed by atoms with E-state index >= 15 is 0 Å². The van der Waals surface area contributed by atoms with Gasteiger partial charge in [-0.1, -0.05) is 18.5 Å². The molecule has 90 valence electrons. The molecule has 0 heterocycles. The largest absolute Gasteiger partial charge is 0.383 e. The van der Waals surface area contributed by atoms with Gasteiger partial charge in [0.1, 0.15) is 0 Å². The molecule has 1 unspecified atom stereocenters. The van der Waals surface area contributed by atoms with Crippen LogP contribution in [0, 0.1) is 0 Å². The van der Waals surface area contributed by atoms with Gasteiger partial charge in [0, 0.05) is 28.8 Å². The Labute approximate surface area is 107 Å². The quantitative estimate of drug-likeness (QED) is 0.783. The van der Waals surface area contributed by atoms with E-state index in [1.807, 2.05) is 18.2 Å². The van der Waals surface area contributed by atoms with Gasteiger partial charge >= 0.3 is 0 Å². The number of hydrogen-bond donors (Lipinski definition) is 1. The molecule has 0 bridgehead atoms. The van der Waals surface area contributed by atoms with Crippen molar-refractivity contribution in [3.8, 4) is 0 Å². The van der Waals surface area contributed by atoms with E-state index in [0.717, 1.165) is 17.1 Å². The van der Waals surface area contributed by atoms with Crippen LogP contribution in [0.15, 0.2) is 23.1 Å². The average molecular weight is 260 g/mol. The van der Waals surface area contributed by atoms with E-state index in [-0.39, 0.29) is 0 Å². The third-order valence-corrected chi connectivity index (χ3v) is 3.41. The van der Waals surface area contributed by atoms with Crippen LogP contribution < -0.4 is 5.32 Å². The van der Waals surface area contributed by atoms with Crippen LogP contribution in [0.1, 0.15) is 13.3 Å². The molecular weight excluding hydrogens is 242 g/mol. The molecule has 1 atom stereocenters. The summed E-state index contributed by atoms with van der Waals surface area (Å²) in [6.07, 6.45) is 3.08. The van der Waals surface area contributed by atoms with E-state index in [9.17, 15) is 0 Å². The molecule has 2 nitrogen and oxygen atoms in total. The average Bonchev–Trinajstić information content (AvgIpc) is 2.29. The van der Waals surface area contributed by atoms with Gasteiger partial charge in [-0.3, -0.25) is 0 Å². The van der Waals surface area contributed by atoms with E-state index in [2.05, 4.69) is 18.5 Å². The number of rotatable bonds is 6. The zero-order valence-corrected chi connectivity index (χ0v) is 11.5. The van der Waals surface area contributed by atoms with Crippen molar-refractivity contribution >= 4 is 29.1 Å². The molecule has 0 radical (unpaired) electrons. The summed E-state index contributed by atoms with van der Waals surface area (Å²) in [6.45, 7) is 2.84. The topological polar surface area (TPSA) is 21.3 Å². The van der Waals surface area contributed by atoms with Crippen LogP contribution in [-0.4, -0.2) is 26.0 Å². The van der Waals surface area contributed by atoms with Gasteiger partial charge in [0.15, 0.2) is 0 Å². The highest BCUT2D eigenvalue weighted by Crippen LogP contribution is 2.29. The van der Waals surface area contributed by atoms with E-state index < -0.39 is 0 Å². The molecule has 0 aromatic heterocycles. The number of hydrogen-bond acceptors (Lipinski definition) is 3. The fourth-order valence-corrected chi connectivity index (χ4v) is 2.19. The van der Waals surface area contributed by atoms with Crippen molar-refractivity contribution in [1.82, 2.24) is 0 Å². The summed E-state index contributed by atoms with van der Waals surface area (Å²) in [6, 6.07) is 6.24. The monoisotopic (exact) mass is 259 g/mol. The summed E-state index contributed by atoms with van der Waals surface area (Å²) in [4.78, 5) is 1.21. The first-order valence-corrected chi connectivity index (χ1v) is 6.90. The van der Waals surface area contributed by atoms with Crippen LogP contribution >= 0.6 is 23.4 Å². The van der Waals surface area contributed by atoms with Crippen molar-refractivity contribution in [1.29, 1.82) is 0 Å². The van der Waals surface area contributed by atoms with Gasteiger partial charge in [-0.2, -0.15) is 0 Å². The van der Waals surface area contributed by atoms with Crippen LogP contribution in [0.4, 0.5) is 5.69 Å². The van der Waals surface area contributed by atoms with Gasteiger partial charge in [-0.15, -0.1) is 11.8 Å². The lowest BCUT2D eigenvalue weighted by atomic mass is 10.2. The Kier molecular flexibility index (Phi) is 6.03. The molecule has 0 aliphatic carbocycles. The van der Waals surface area contributed by atoms with E-state index in [0.29, 0.717) is 12.6 Å². The van der Waals surface area contributed by atoms with Crippen molar-refractivity contribution in [2.45, 2.75) is 24.3 Å². The molecule has 0 spiro atoms. The molecule has 1 aromatic carbocycles. The highest BCUT2D eigenvalue weighted by Gasteiger charge is 2.09. The fraction of sp³-hybridized carbons (Fsp3) is 0.500. The third kappa shape index (κ3) is 3.89. The maximum absolute atomic E-state index is 6.00. The first-order chi connectivity index (χ1) is 7.71. The SMILES string of the molecule is CCC(COC)Nc1cc(Cl)ccc1SC. The second-order valence-corrected chi connectivity index (χ2v) is 4.83. The van der Waals surface area contributed by atoms with Gasteiger partial charge in [0.05, 0.1) is 6.61 Å². The molecule has 1 N–H and O–H groups in total. The highest BCUT2D eigenvalue weighted by molar-refractivity contribution is 7.98. The number of benzene rings is 1. The molecule has 1 aromatic rings. The summed E-state index contributed by atoms with van der Waals surface area (Å²) in [5.74, 6) is 0. The number of anilines is 1. The summed E-state index contributed by atoms with van der Waals surface area (Å²) in [5.41, 5.74) is 1.09. The normalized spacial score (nSPS) is 12.5. The predicted molar refractivity (Wildman–Crippen MR) is 72.8 cm³/mol. The minimum atomic E-state index is 0.328. The number of halogens is 1. The van der Waals surface area contributed by atoms with E-state index in [1.54, 1.807) is 18.9 Å². The Hall–Kier alpha value is -0.380. The van der Waals surface area contributed by atoms with Crippen molar-refractivity contribution in [3.05, 3.63) is 23.2 Å². The van der Waals surface area contributed by atoms with Gasteiger partial charge in [-0.05, 0) is 30.9 Å². The second kappa shape index (κ2) is 7.05. The zero-order chi connectivity index (χ0) is 12.0. The summed E-state index contributed by atoms with van der Waals surface area (Å²) in [5, 5.41) is 4.22. The van der Waals surface area contributed by atoms with Crippen molar-refractivity contribution in [2.24, 2.45) is 0 Å². The Balaban J connectivity index is 2.80. The maximum atomic E-state index is 6.00. The van der Waals surface area contributed by atoms with Crippen LogP contribution in [0.2, 0.25) is 5.02 Å². The van der Waals surface area contributed by atoms with Crippen molar-refractivity contribution in [2.75, 3.05) is 25.3 Å². The highest BCUT2D eigenvalue weighted by atomic mass is 35.5. The third-order valence-electron chi connectivity index (χ3n) is 2.38. The minimum Gasteiger partial charge on any atom is -0.383 e. The second-order valence-electron chi connectivity index (χ2n) is 3.55. The summed E-state index contributed by atoms with van der Waals surface area (Å²) < 4.78 is 5.17. The molecule has 4 heteroatoms. The number of nitrogens with one attached hydrogen (secondary N) is 1. The van der Waals surface area contributed by atoms with Gasteiger partial charge in [0.25, 0.3) is 0 Å². The lowest BCUT2D eigenvalue weighted by molar-refractivity contribution is 0.184. The number of methoxy groups -OCH3 is 1. The van der Waals surface area contributed by atoms with Gasteiger partial charge < -0.3 is 10.1 Å². The number of thioether (sulfide) groups is 1. The Bertz CT molecular complexity index is 333. The van der Waals surface area contributed by atoms with Gasteiger partial charge in [0.2, 0.25) is 0 Å². The molecule has 0 aliphatic rings. The smallest absolute Gasteiger partial charge is 0.0663 e. The molecule has 0 fully saturated rings. The van der Waals surface area contributed by atoms with Gasteiger partial charge in [-0.25, -0.2) is 0 Å². The van der Waals surface area contributed by atoms with Crippen molar-refractivity contribution in [3.63, 3.8) is 0 Å². The van der Waals surface area contributed by atoms with Crippen LogP contribution in [0.3, 0.4) is 0 Å². The molecule has 16 heavy (non-hydrogen) atoms. The summed E-state index contributed by atoms with van der Waals surface area (Å²) in [7, 11) is 1.72. The molecule has 1 rings (SSSR count). The molecule has 0 saturated heterocycles. The van der Waals surface area contributed by atoms with Crippen LogP contribution in [-0.2, 0) is 4.74 Å². The Morgan fingerprint density at radius 1 is 1.50 bits per heavy atom. The number of ether oxygens (including phenoxy) is 1. The van der Waals surface area contributed by atoms with Crippen LogP contribution in [0.5, 0.6) is 0 Å². The first kappa shape index (κ1) is 13.7. The standard InChI is InChI=1S/C12H18ClNOS/c1-4-10(8-15-2)14-11-7-9(13)5-6-12(11)16-3/h5-7,10,14H,4,8H2,1-3H3. The summed E-state index contributed by atoms with van der Waals surface area (Å²) >= 11 is 7.71. The Morgan fingerprint density at radius 3 is 2.81 bits per heavy atom. The molecule has 0 saturated carbocycles.